The van der Waals surface area contributed by atoms with Crippen molar-refractivity contribution >= 4 is 23.5 Å². The molecule has 28 heavy (non-hydrogen) atoms. The van der Waals surface area contributed by atoms with Gasteiger partial charge in [-0.05, 0) is 27.7 Å². The second-order valence-corrected chi connectivity index (χ2v) is 7.65. The lowest BCUT2D eigenvalue weighted by atomic mass is 10.2. The van der Waals surface area contributed by atoms with Crippen LogP contribution in [0.1, 0.15) is 33.4 Å². The highest BCUT2D eigenvalue weighted by Gasteiger charge is 2.27. The van der Waals surface area contributed by atoms with E-state index in [1.54, 1.807) is 24.2 Å². The van der Waals surface area contributed by atoms with Gasteiger partial charge in [0.1, 0.15) is 5.60 Å². The van der Waals surface area contributed by atoms with Gasteiger partial charge in [0.15, 0.2) is 11.5 Å². The van der Waals surface area contributed by atoms with Crippen molar-refractivity contribution in [2.24, 2.45) is 0 Å². The fraction of sp³-hybridized carbons (Fsp3) is 0.579. The summed E-state index contributed by atoms with van der Waals surface area (Å²) in [5.74, 6) is 0.438. The van der Waals surface area contributed by atoms with Crippen molar-refractivity contribution in [3.8, 4) is 0 Å². The van der Waals surface area contributed by atoms with Gasteiger partial charge in [-0.1, -0.05) is 0 Å². The van der Waals surface area contributed by atoms with E-state index in [2.05, 4.69) is 14.9 Å². The topological polar surface area (TPSA) is 89.3 Å². The lowest BCUT2D eigenvalue weighted by molar-refractivity contribution is -0.142. The van der Waals surface area contributed by atoms with Gasteiger partial charge in [0.05, 0.1) is 18.7 Å². The number of amides is 1. The van der Waals surface area contributed by atoms with E-state index >= 15 is 0 Å². The zero-order chi connectivity index (χ0) is 20.3. The van der Waals surface area contributed by atoms with Gasteiger partial charge >= 0.3 is 12.1 Å². The SMILES string of the molecule is CCOC(=O)Cc1cn2ccnc(N3CCN(C(=O)OC(C)(C)C)CC3)c2n1. The van der Waals surface area contributed by atoms with Crippen molar-refractivity contribution in [3.63, 3.8) is 0 Å². The van der Waals surface area contributed by atoms with Gasteiger partial charge in [-0.2, -0.15) is 0 Å². The molecule has 3 heterocycles. The van der Waals surface area contributed by atoms with E-state index in [9.17, 15) is 9.59 Å². The second-order valence-electron chi connectivity index (χ2n) is 7.65. The summed E-state index contributed by atoms with van der Waals surface area (Å²) in [6.45, 7) is 10.1. The maximum absolute atomic E-state index is 12.2. The molecule has 0 unspecified atom stereocenters. The third kappa shape index (κ3) is 4.71. The van der Waals surface area contributed by atoms with Crippen LogP contribution in [0.15, 0.2) is 18.6 Å². The van der Waals surface area contributed by atoms with Crippen molar-refractivity contribution in [2.75, 3.05) is 37.7 Å². The number of hydrogen-bond acceptors (Lipinski definition) is 7. The highest BCUT2D eigenvalue weighted by Crippen LogP contribution is 2.21. The predicted molar refractivity (Wildman–Crippen MR) is 103 cm³/mol. The number of fused-ring (bicyclic) bond motifs is 1. The third-order valence-electron chi connectivity index (χ3n) is 4.27. The number of esters is 1. The van der Waals surface area contributed by atoms with Crippen LogP contribution in [-0.4, -0.2) is 69.7 Å². The Morgan fingerprint density at radius 3 is 2.54 bits per heavy atom. The Balaban J connectivity index is 1.70. The van der Waals surface area contributed by atoms with E-state index in [1.807, 2.05) is 31.4 Å². The largest absolute Gasteiger partial charge is 0.466 e. The van der Waals surface area contributed by atoms with Crippen molar-refractivity contribution in [3.05, 3.63) is 24.3 Å². The molecule has 1 aliphatic rings. The first-order valence-electron chi connectivity index (χ1n) is 9.48. The summed E-state index contributed by atoms with van der Waals surface area (Å²) >= 11 is 0. The number of nitrogens with zero attached hydrogens (tertiary/aromatic N) is 5. The Morgan fingerprint density at radius 1 is 1.18 bits per heavy atom. The molecule has 152 valence electrons. The van der Waals surface area contributed by atoms with Crippen LogP contribution in [0.5, 0.6) is 0 Å². The molecule has 1 saturated heterocycles. The Kier molecular flexibility index (Phi) is 5.71. The Labute approximate surface area is 164 Å². The molecule has 9 nitrogen and oxygen atoms in total. The first-order valence-corrected chi connectivity index (χ1v) is 9.48. The van der Waals surface area contributed by atoms with Crippen molar-refractivity contribution < 1.29 is 19.1 Å². The van der Waals surface area contributed by atoms with Crippen LogP contribution in [0.3, 0.4) is 0 Å². The highest BCUT2D eigenvalue weighted by atomic mass is 16.6. The number of aromatic nitrogens is 3. The maximum Gasteiger partial charge on any atom is 0.410 e. The molecule has 0 N–H and O–H groups in total. The van der Waals surface area contributed by atoms with Gasteiger partial charge in [0, 0.05) is 44.8 Å². The number of ether oxygens (including phenoxy) is 2. The van der Waals surface area contributed by atoms with Crippen LogP contribution in [0, 0.1) is 0 Å². The molecule has 0 radical (unpaired) electrons. The van der Waals surface area contributed by atoms with Gasteiger partial charge < -0.3 is 23.7 Å². The van der Waals surface area contributed by atoms with Gasteiger partial charge in [-0.25, -0.2) is 14.8 Å². The van der Waals surface area contributed by atoms with Crippen molar-refractivity contribution in [1.82, 2.24) is 19.3 Å². The summed E-state index contributed by atoms with van der Waals surface area (Å²) in [6, 6.07) is 0. The molecule has 9 heteroatoms. The zero-order valence-corrected chi connectivity index (χ0v) is 16.8. The second kappa shape index (κ2) is 8.04. The van der Waals surface area contributed by atoms with E-state index < -0.39 is 5.60 Å². The lowest BCUT2D eigenvalue weighted by Gasteiger charge is -2.36. The molecule has 0 saturated carbocycles. The number of hydrogen-bond donors (Lipinski definition) is 0. The minimum absolute atomic E-state index is 0.126. The van der Waals surface area contributed by atoms with Crippen molar-refractivity contribution in [1.29, 1.82) is 0 Å². The van der Waals surface area contributed by atoms with E-state index in [0.29, 0.717) is 44.1 Å². The molecular formula is C19H27N5O4. The maximum atomic E-state index is 12.2. The zero-order valence-electron chi connectivity index (χ0n) is 16.8. The number of carbonyl (C=O) groups is 2. The molecule has 0 aliphatic carbocycles. The number of piperazine rings is 1. The van der Waals surface area contributed by atoms with Crippen LogP contribution in [0.25, 0.3) is 5.65 Å². The smallest absolute Gasteiger partial charge is 0.410 e. The van der Waals surface area contributed by atoms with Gasteiger partial charge in [0.2, 0.25) is 0 Å². The molecule has 0 spiro atoms. The monoisotopic (exact) mass is 389 g/mol. The normalized spacial score (nSPS) is 15.0. The summed E-state index contributed by atoms with van der Waals surface area (Å²) in [7, 11) is 0. The average Bonchev–Trinajstić information content (AvgIpc) is 3.02. The molecular weight excluding hydrogens is 362 g/mol. The standard InChI is InChI=1S/C19H27N5O4/c1-5-27-15(25)12-14-13-24-7-6-20-16(17(24)21-14)22-8-10-23(11-9-22)18(26)28-19(2,3)4/h6-7,13H,5,8-12H2,1-4H3. The number of anilines is 1. The van der Waals surface area contributed by atoms with Crippen LogP contribution in [0.4, 0.5) is 10.6 Å². The summed E-state index contributed by atoms with van der Waals surface area (Å²) in [6.07, 6.45) is 5.15. The van der Waals surface area contributed by atoms with Crippen LogP contribution in [0.2, 0.25) is 0 Å². The lowest BCUT2D eigenvalue weighted by Crippen LogP contribution is -2.50. The Bertz CT molecular complexity index is 850. The van der Waals surface area contributed by atoms with Gasteiger partial charge in [-0.15, -0.1) is 0 Å². The van der Waals surface area contributed by atoms with E-state index in [0.717, 1.165) is 5.82 Å². The first-order chi connectivity index (χ1) is 13.3. The molecule has 0 bridgehead atoms. The fourth-order valence-electron chi connectivity index (χ4n) is 3.05. The minimum atomic E-state index is -0.507. The summed E-state index contributed by atoms with van der Waals surface area (Å²) < 4.78 is 12.3. The molecule has 2 aromatic heterocycles. The number of carbonyl (C=O) groups excluding carboxylic acids is 2. The Morgan fingerprint density at radius 2 is 1.89 bits per heavy atom. The summed E-state index contributed by atoms with van der Waals surface area (Å²) in [5, 5.41) is 0. The van der Waals surface area contributed by atoms with E-state index in [1.165, 1.54) is 0 Å². The molecule has 3 rings (SSSR count). The molecule has 0 aromatic carbocycles. The number of imidazole rings is 1. The molecule has 1 amide bonds. The fourth-order valence-corrected chi connectivity index (χ4v) is 3.05. The van der Waals surface area contributed by atoms with Crippen molar-refractivity contribution in [2.45, 2.75) is 39.7 Å². The molecule has 1 fully saturated rings. The summed E-state index contributed by atoms with van der Waals surface area (Å²) in [4.78, 5) is 36.8. The van der Waals surface area contributed by atoms with E-state index in [4.69, 9.17) is 9.47 Å². The van der Waals surface area contributed by atoms with Gasteiger partial charge in [0.25, 0.3) is 0 Å². The molecule has 2 aromatic rings. The Hall–Kier alpha value is -2.84. The average molecular weight is 389 g/mol. The number of rotatable bonds is 4. The third-order valence-corrected chi connectivity index (χ3v) is 4.27. The highest BCUT2D eigenvalue weighted by molar-refractivity contribution is 5.73. The van der Waals surface area contributed by atoms with E-state index in [-0.39, 0.29) is 18.5 Å². The first kappa shape index (κ1) is 19.9. The predicted octanol–water partition coefficient (Wildman–Crippen LogP) is 1.89. The van der Waals surface area contributed by atoms with Crippen LogP contribution in [-0.2, 0) is 20.7 Å². The molecule has 0 atom stereocenters. The quantitative estimate of drug-likeness (QED) is 0.738. The minimum Gasteiger partial charge on any atom is -0.466 e. The van der Waals surface area contributed by atoms with Crippen LogP contribution >= 0.6 is 0 Å². The molecule has 1 aliphatic heterocycles. The summed E-state index contributed by atoms with van der Waals surface area (Å²) in [5.41, 5.74) is 0.819. The van der Waals surface area contributed by atoms with Gasteiger partial charge in [-0.3, -0.25) is 4.79 Å². The van der Waals surface area contributed by atoms with Crippen LogP contribution < -0.4 is 4.90 Å².